The Bertz CT molecular complexity index is 192. The van der Waals surface area contributed by atoms with E-state index in [9.17, 15) is 9.59 Å². The van der Waals surface area contributed by atoms with Crippen molar-refractivity contribution in [2.45, 2.75) is 26.2 Å². The van der Waals surface area contributed by atoms with Gasteiger partial charge in [-0.15, -0.1) is 0 Å². The number of carbonyl (C=O) groups excluding carboxylic acids is 2. The predicted octanol–water partition coefficient (Wildman–Crippen LogP) is 0.961. The van der Waals surface area contributed by atoms with Gasteiger partial charge in [0.25, 0.3) is 0 Å². The number of ether oxygens (including phenoxy) is 1. The van der Waals surface area contributed by atoms with E-state index in [-0.39, 0.29) is 23.4 Å². The van der Waals surface area contributed by atoms with Gasteiger partial charge in [0.05, 0.1) is 13.0 Å². The third-order valence-electron chi connectivity index (χ3n) is 2.14. The highest BCUT2D eigenvalue weighted by atomic mass is 16.5. The van der Waals surface area contributed by atoms with Gasteiger partial charge in [-0.1, -0.05) is 6.92 Å². The highest BCUT2D eigenvalue weighted by molar-refractivity contribution is 6.02. The molecule has 3 nitrogen and oxygen atoms in total. The number of carbonyl (C=O) groups is 2. The number of Topliss-reactive ketones (excluding diaryl/α,β-unsaturated/α-hetero) is 2. The van der Waals surface area contributed by atoms with Crippen molar-refractivity contribution in [3.05, 3.63) is 0 Å². The molecule has 12 heavy (non-hydrogen) atoms. The van der Waals surface area contributed by atoms with Crippen LogP contribution in [0.25, 0.3) is 0 Å². The Morgan fingerprint density at radius 3 is 2.25 bits per heavy atom. The maximum absolute atomic E-state index is 11.1. The zero-order chi connectivity index (χ0) is 9.19. The van der Waals surface area contributed by atoms with Crippen LogP contribution in [-0.4, -0.2) is 25.3 Å². The van der Waals surface area contributed by atoms with Crippen molar-refractivity contribution in [2.75, 3.05) is 13.7 Å². The van der Waals surface area contributed by atoms with E-state index >= 15 is 0 Å². The summed E-state index contributed by atoms with van der Waals surface area (Å²) in [4.78, 5) is 22.2. The molecule has 0 saturated heterocycles. The number of hydrogen-bond donors (Lipinski definition) is 0. The van der Waals surface area contributed by atoms with E-state index in [1.54, 1.807) is 7.11 Å². The molecule has 0 spiro atoms. The summed E-state index contributed by atoms with van der Waals surface area (Å²) in [6, 6.07) is 0. The number of methoxy groups -OCH3 is 1. The molecule has 1 saturated carbocycles. The molecule has 0 aromatic heterocycles. The molecule has 1 fully saturated rings. The molecule has 0 bridgehead atoms. The molecule has 0 aromatic carbocycles. The van der Waals surface area contributed by atoms with Crippen LogP contribution in [0.4, 0.5) is 0 Å². The van der Waals surface area contributed by atoms with Gasteiger partial charge in [0.1, 0.15) is 11.6 Å². The largest absolute Gasteiger partial charge is 0.384 e. The Balaban J connectivity index is 2.64. The minimum Gasteiger partial charge on any atom is -0.384 e. The molecule has 0 aromatic rings. The summed E-state index contributed by atoms with van der Waals surface area (Å²) in [7, 11) is 1.59. The van der Waals surface area contributed by atoms with Crippen molar-refractivity contribution < 1.29 is 14.3 Å². The zero-order valence-electron chi connectivity index (χ0n) is 7.55. The average molecular weight is 170 g/mol. The number of ketones is 2. The van der Waals surface area contributed by atoms with E-state index in [0.29, 0.717) is 19.4 Å². The third kappa shape index (κ3) is 2.14. The standard InChI is InChI=1S/C9H14O3/c1-9(6-12-2)4-7(10)3-8(11)5-9/h3-6H2,1-2H3. The monoisotopic (exact) mass is 170 g/mol. The van der Waals surface area contributed by atoms with Gasteiger partial charge in [-0.3, -0.25) is 9.59 Å². The first kappa shape index (κ1) is 9.39. The van der Waals surface area contributed by atoms with Crippen LogP contribution < -0.4 is 0 Å². The van der Waals surface area contributed by atoms with Crippen LogP contribution in [0.3, 0.4) is 0 Å². The molecule has 1 rings (SSSR count). The Kier molecular flexibility index (Phi) is 2.62. The van der Waals surface area contributed by atoms with E-state index in [0.717, 1.165) is 0 Å². The van der Waals surface area contributed by atoms with Gasteiger partial charge in [-0.05, 0) is 0 Å². The fraction of sp³-hybridized carbons (Fsp3) is 0.778. The average Bonchev–Trinajstić information content (AvgIpc) is 1.82. The van der Waals surface area contributed by atoms with Gasteiger partial charge in [-0.25, -0.2) is 0 Å². The topological polar surface area (TPSA) is 43.4 Å². The van der Waals surface area contributed by atoms with Crippen LogP contribution in [-0.2, 0) is 14.3 Å². The first-order valence-corrected chi connectivity index (χ1v) is 4.08. The fourth-order valence-corrected chi connectivity index (χ4v) is 1.81. The van der Waals surface area contributed by atoms with Crippen molar-refractivity contribution in [1.29, 1.82) is 0 Å². The van der Waals surface area contributed by atoms with E-state index in [1.807, 2.05) is 6.92 Å². The van der Waals surface area contributed by atoms with Gasteiger partial charge in [0, 0.05) is 25.4 Å². The fourth-order valence-electron chi connectivity index (χ4n) is 1.81. The SMILES string of the molecule is COCC1(C)CC(=O)CC(=O)C1. The van der Waals surface area contributed by atoms with E-state index < -0.39 is 0 Å². The Hall–Kier alpha value is -0.700. The molecule has 0 aliphatic heterocycles. The van der Waals surface area contributed by atoms with Crippen LogP contribution in [0, 0.1) is 5.41 Å². The van der Waals surface area contributed by atoms with Gasteiger partial charge in [0.2, 0.25) is 0 Å². The summed E-state index contributed by atoms with van der Waals surface area (Å²) in [5.41, 5.74) is -0.249. The van der Waals surface area contributed by atoms with E-state index in [4.69, 9.17) is 4.74 Å². The number of rotatable bonds is 2. The summed E-state index contributed by atoms with van der Waals surface area (Å²) in [5, 5.41) is 0. The lowest BCUT2D eigenvalue weighted by atomic mass is 9.75. The lowest BCUT2D eigenvalue weighted by Gasteiger charge is -2.30. The summed E-state index contributed by atoms with van der Waals surface area (Å²) in [6.45, 7) is 2.41. The second-order valence-corrected chi connectivity index (χ2v) is 3.85. The van der Waals surface area contributed by atoms with Gasteiger partial charge >= 0.3 is 0 Å². The molecular weight excluding hydrogens is 156 g/mol. The van der Waals surface area contributed by atoms with Crippen molar-refractivity contribution in [1.82, 2.24) is 0 Å². The lowest BCUT2D eigenvalue weighted by Crippen LogP contribution is -2.34. The molecule has 3 heteroatoms. The quantitative estimate of drug-likeness (QED) is 0.580. The highest BCUT2D eigenvalue weighted by Gasteiger charge is 2.35. The van der Waals surface area contributed by atoms with Crippen LogP contribution in [0.1, 0.15) is 26.2 Å². The molecule has 68 valence electrons. The summed E-state index contributed by atoms with van der Waals surface area (Å²) < 4.78 is 4.98. The predicted molar refractivity (Wildman–Crippen MR) is 43.8 cm³/mol. The van der Waals surface area contributed by atoms with E-state index in [1.165, 1.54) is 0 Å². The first-order valence-electron chi connectivity index (χ1n) is 4.08. The summed E-state index contributed by atoms with van der Waals surface area (Å²) in [6.07, 6.45) is 1.08. The maximum atomic E-state index is 11.1. The summed E-state index contributed by atoms with van der Waals surface area (Å²) in [5.74, 6) is 0.0941. The van der Waals surface area contributed by atoms with Crippen molar-refractivity contribution in [2.24, 2.45) is 5.41 Å². The molecule has 0 amide bonds. The molecule has 0 heterocycles. The molecule has 0 atom stereocenters. The molecule has 1 aliphatic rings. The van der Waals surface area contributed by atoms with Gasteiger partial charge in [-0.2, -0.15) is 0 Å². The Morgan fingerprint density at radius 2 is 1.83 bits per heavy atom. The second-order valence-electron chi connectivity index (χ2n) is 3.85. The van der Waals surface area contributed by atoms with Crippen LogP contribution in [0.15, 0.2) is 0 Å². The maximum Gasteiger partial charge on any atom is 0.140 e. The van der Waals surface area contributed by atoms with Crippen LogP contribution in [0.5, 0.6) is 0 Å². The zero-order valence-corrected chi connectivity index (χ0v) is 7.55. The van der Waals surface area contributed by atoms with E-state index in [2.05, 4.69) is 0 Å². The van der Waals surface area contributed by atoms with Crippen molar-refractivity contribution in [3.8, 4) is 0 Å². The lowest BCUT2D eigenvalue weighted by molar-refractivity contribution is -0.135. The number of hydrogen-bond acceptors (Lipinski definition) is 3. The molecule has 0 unspecified atom stereocenters. The molecule has 0 radical (unpaired) electrons. The second kappa shape index (κ2) is 3.35. The normalized spacial score (nSPS) is 22.8. The highest BCUT2D eigenvalue weighted by Crippen LogP contribution is 2.32. The van der Waals surface area contributed by atoms with Crippen molar-refractivity contribution in [3.63, 3.8) is 0 Å². The molecule has 0 N–H and O–H groups in total. The smallest absolute Gasteiger partial charge is 0.140 e. The first-order chi connectivity index (χ1) is 5.56. The Labute approximate surface area is 72.1 Å². The molecule has 1 aliphatic carbocycles. The summed E-state index contributed by atoms with van der Waals surface area (Å²) >= 11 is 0. The Morgan fingerprint density at radius 1 is 1.33 bits per heavy atom. The van der Waals surface area contributed by atoms with Gasteiger partial charge in [0.15, 0.2) is 0 Å². The minimum absolute atomic E-state index is 0.0470. The van der Waals surface area contributed by atoms with Crippen LogP contribution in [0.2, 0.25) is 0 Å². The van der Waals surface area contributed by atoms with Crippen LogP contribution >= 0.6 is 0 Å². The van der Waals surface area contributed by atoms with Gasteiger partial charge < -0.3 is 4.74 Å². The minimum atomic E-state index is -0.249. The molecular formula is C9H14O3. The third-order valence-corrected chi connectivity index (χ3v) is 2.14. The van der Waals surface area contributed by atoms with Crippen molar-refractivity contribution >= 4 is 11.6 Å².